The van der Waals surface area contributed by atoms with Crippen LogP contribution in [0.15, 0.2) is 60.2 Å². The molecule has 0 saturated carbocycles. The fourth-order valence-corrected chi connectivity index (χ4v) is 5.38. The fourth-order valence-electron chi connectivity index (χ4n) is 4.59. The number of alkyl halides is 3. The van der Waals surface area contributed by atoms with Crippen LogP contribution in [0.25, 0.3) is 10.6 Å². The second-order valence-corrected chi connectivity index (χ2v) is 10.1. The van der Waals surface area contributed by atoms with Gasteiger partial charge in [-0.05, 0) is 55.6 Å². The van der Waals surface area contributed by atoms with Gasteiger partial charge >= 0.3 is 6.18 Å². The topological polar surface area (TPSA) is 106 Å². The number of hydrogen-bond donors (Lipinski definition) is 2. The lowest BCUT2D eigenvalue weighted by atomic mass is 9.96. The number of nitrogens with two attached hydrogens (primary N) is 1. The number of halogens is 4. The predicted octanol–water partition coefficient (Wildman–Crippen LogP) is 5.98. The summed E-state index contributed by atoms with van der Waals surface area (Å²) >= 11 is 1.19. The Kier molecular flexibility index (Phi) is 7.94. The number of hydrogen-bond acceptors (Lipinski definition) is 8. The standard InChI is InChI=1S/C27H24F4N6O2S/c28-18-4-1-5-19(11-18)39-22-7-6-20(24(23(22)27(29,30)31)37-10-2-3-16(12-32)14-37)35-25(38)21-15-40-26(36-21)17-8-9-33-34-13-17/h1,4-9,11,13,15-16H,2-3,10,12,14,32H2,(H,35,38)/t16-/m0/s1. The maximum absolute atomic E-state index is 14.7. The van der Waals surface area contributed by atoms with Crippen molar-refractivity contribution in [1.82, 2.24) is 15.2 Å². The van der Waals surface area contributed by atoms with Crippen LogP contribution in [-0.4, -0.2) is 40.7 Å². The van der Waals surface area contributed by atoms with Gasteiger partial charge in [-0.1, -0.05) is 6.07 Å². The first-order valence-corrected chi connectivity index (χ1v) is 13.3. The number of rotatable bonds is 7. The molecule has 3 heterocycles. The number of nitrogens with zero attached hydrogens (tertiary/aromatic N) is 4. The van der Waals surface area contributed by atoms with E-state index in [1.165, 1.54) is 47.3 Å². The number of carbonyl (C=O) groups excluding carboxylic acids is 1. The third-order valence-electron chi connectivity index (χ3n) is 6.43. The SMILES string of the molecule is NC[C@@H]1CCCN(c2c(NC(=O)c3csc(-c4ccnnc4)n3)ccc(Oc3cccc(F)c3)c2C(F)(F)F)C1. The maximum Gasteiger partial charge on any atom is 0.422 e. The molecule has 1 atom stereocenters. The van der Waals surface area contributed by atoms with Gasteiger partial charge in [-0.25, -0.2) is 9.37 Å². The normalized spacial score (nSPS) is 15.6. The monoisotopic (exact) mass is 572 g/mol. The average molecular weight is 573 g/mol. The molecular weight excluding hydrogens is 548 g/mol. The van der Waals surface area contributed by atoms with E-state index in [0.29, 0.717) is 30.1 Å². The zero-order valence-corrected chi connectivity index (χ0v) is 21.8. The van der Waals surface area contributed by atoms with Crippen LogP contribution in [-0.2, 0) is 6.18 Å². The fraction of sp³-hybridized carbons (Fsp3) is 0.259. The first kappa shape index (κ1) is 27.5. The Bertz CT molecular complexity index is 1500. The van der Waals surface area contributed by atoms with Gasteiger partial charge in [-0.15, -0.1) is 11.3 Å². The van der Waals surface area contributed by atoms with Crippen LogP contribution in [0.5, 0.6) is 11.5 Å². The van der Waals surface area contributed by atoms with Crippen molar-refractivity contribution in [2.45, 2.75) is 19.0 Å². The summed E-state index contributed by atoms with van der Waals surface area (Å²) in [5.74, 6) is -1.96. The number of piperidine rings is 1. The van der Waals surface area contributed by atoms with Crippen molar-refractivity contribution >= 4 is 28.6 Å². The van der Waals surface area contributed by atoms with Gasteiger partial charge in [0.25, 0.3) is 5.91 Å². The summed E-state index contributed by atoms with van der Waals surface area (Å²) in [6, 6.07) is 9.02. The zero-order valence-electron chi connectivity index (χ0n) is 21.0. The summed E-state index contributed by atoms with van der Waals surface area (Å²) in [5.41, 5.74) is 5.19. The Morgan fingerprint density at radius 2 is 2.05 bits per heavy atom. The van der Waals surface area contributed by atoms with E-state index >= 15 is 0 Å². The minimum absolute atomic E-state index is 0.0266. The molecule has 0 radical (unpaired) electrons. The number of benzene rings is 2. The number of carbonyl (C=O) groups is 1. The van der Waals surface area contributed by atoms with Crippen molar-refractivity contribution in [3.05, 3.63) is 77.3 Å². The summed E-state index contributed by atoms with van der Waals surface area (Å²) in [5, 5.41) is 12.2. The number of nitrogens with one attached hydrogen (secondary N) is 1. The van der Waals surface area contributed by atoms with Gasteiger partial charge in [-0.3, -0.25) is 4.79 Å². The van der Waals surface area contributed by atoms with E-state index in [0.717, 1.165) is 24.6 Å². The van der Waals surface area contributed by atoms with Crippen molar-refractivity contribution in [2.24, 2.45) is 11.7 Å². The van der Waals surface area contributed by atoms with Crippen LogP contribution in [0.1, 0.15) is 28.9 Å². The summed E-state index contributed by atoms with van der Waals surface area (Å²) < 4.78 is 63.5. The molecule has 1 saturated heterocycles. The molecule has 2 aromatic heterocycles. The number of thiazole rings is 1. The Hall–Kier alpha value is -4.10. The van der Waals surface area contributed by atoms with Crippen LogP contribution in [0, 0.1) is 11.7 Å². The lowest BCUT2D eigenvalue weighted by Gasteiger charge is -2.37. The van der Waals surface area contributed by atoms with E-state index in [9.17, 15) is 22.4 Å². The third kappa shape index (κ3) is 6.05. The molecule has 1 aliphatic rings. The quantitative estimate of drug-likeness (QED) is 0.263. The van der Waals surface area contributed by atoms with Gasteiger partial charge in [-0.2, -0.15) is 23.4 Å². The van der Waals surface area contributed by atoms with Gasteiger partial charge in [0.1, 0.15) is 33.6 Å². The summed E-state index contributed by atoms with van der Waals surface area (Å²) in [4.78, 5) is 19.1. The van der Waals surface area contributed by atoms with Gasteiger partial charge in [0.2, 0.25) is 0 Å². The Labute approximate surface area is 230 Å². The van der Waals surface area contributed by atoms with Gasteiger partial charge in [0, 0.05) is 30.1 Å². The molecule has 5 rings (SSSR count). The highest BCUT2D eigenvalue weighted by molar-refractivity contribution is 7.13. The Balaban J connectivity index is 1.55. The third-order valence-corrected chi connectivity index (χ3v) is 7.32. The second-order valence-electron chi connectivity index (χ2n) is 9.21. The van der Waals surface area contributed by atoms with E-state index in [4.69, 9.17) is 10.5 Å². The summed E-state index contributed by atoms with van der Waals surface area (Å²) in [6.45, 7) is 0.897. The maximum atomic E-state index is 14.7. The van der Waals surface area contributed by atoms with Crippen LogP contribution in [0.3, 0.4) is 0 Å². The molecule has 1 amide bonds. The first-order valence-electron chi connectivity index (χ1n) is 12.4. The average Bonchev–Trinajstić information content (AvgIpc) is 3.44. The molecule has 0 aliphatic carbocycles. The van der Waals surface area contributed by atoms with Gasteiger partial charge < -0.3 is 20.7 Å². The predicted molar refractivity (Wildman–Crippen MR) is 143 cm³/mol. The van der Waals surface area contributed by atoms with E-state index in [1.807, 2.05) is 0 Å². The highest BCUT2D eigenvalue weighted by atomic mass is 32.1. The Morgan fingerprint density at radius 3 is 2.77 bits per heavy atom. The molecule has 13 heteroatoms. The van der Waals surface area contributed by atoms with Crippen molar-refractivity contribution < 1.29 is 27.1 Å². The number of aromatic nitrogens is 3. The Morgan fingerprint density at radius 1 is 1.20 bits per heavy atom. The minimum atomic E-state index is -4.86. The van der Waals surface area contributed by atoms with Crippen molar-refractivity contribution in [1.29, 1.82) is 0 Å². The minimum Gasteiger partial charge on any atom is -0.457 e. The molecule has 40 heavy (non-hydrogen) atoms. The van der Waals surface area contributed by atoms with Gasteiger partial charge in [0.15, 0.2) is 0 Å². The summed E-state index contributed by atoms with van der Waals surface area (Å²) in [7, 11) is 0. The molecule has 1 aliphatic heterocycles. The molecule has 1 fully saturated rings. The smallest absolute Gasteiger partial charge is 0.422 e. The van der Waals surface area contributed by atoms with Crippen molar-refractivity contribution in [3.8, 4) is 22.1 Å². The molecule has 0 spiro atoms. The van der Waals surface area contributed by atoms with Crippen LogP contribution in [0.4, 0.5) is 28.9 Å². The molecular formula is C27H24F4N6O2S. The molecule has 0 unspecified atom stereocenters. The van der Waals surface area contributed by atoms with Crippen molar-refractivity contribution in [2.75, 3.05) is 29.9 Å². The lowest BCUT2D eigenvalue weighted by Crippen LogP contribution is -2.40. The second kappa shape index (κ2) is 11.6. The molecule has 8 nitrogen and oxygen atoms in total. The molecule has 0 bridgehead atoms. The van der Waals surface area contributed by atoms with Crippen LogP contribution >= 0.6 is 11.3 Å². The lowest BCUT2D eigenvalue weighted by molar-refractivity contribution is -0.138. The molecule has 4 aromatic rings. The number of anilines is 2. The van der Waals surface area contributed by atoms with E-state index < -0.39 is 29.2 Å². The number of ether oxygens (including phenoxy) is 1. The highest BCUT2D eigenvalue weighted by Crippen LogP contribution is 2.48. The van der Waals surface area contributed by atoms with Crippen LogP contribution in [0.2, 0.25) is 0 Å². The molecule has 208 valence electrons. The highest BCUT2D eigenvalue weighted by Gasteiger charge is 2.41. The first-order chi connectivity index (χ1) is 19.2. The largest absolute Gasteiger partial charge is 0.457 e. The van der Waals surface area contributed by atoms with Gasteiger partial charge in [0.05, 0.1) is 23.8 Å². The van der Waals surface area contributed by atoms with Crippen molar-refractivity contribution in [3.63, 3.8) is 0 Å². The van der Waals surface area contributed by atoms with Crippen LogP contribution < -0.4 is 20.7 Å². The number of amides is 1. The summed E-state index contributed by atoms with van der Waals surface area (Å²) in [6.07, 6.45) is -0.480. The van der Waals surface area contributed by atoms with E-state index in [2.05, 4.69) is 20.5 Å². The zero-order chi connectivity index (χ0) is 28.3. The van der Waals surface area contributed by atoms with E-state index in [-0.39, 0.29) is 35.3 Å². The molecule has 3 N–H and O–H groups in total. The molecule has 2 aromatic carbocycles. The van der Waals surface area contributed by atoms with E-state index in [1.54, 1.807) is 11.0 Å².